The second kappa shape index (κ2) is 5.36. The van der Waals surface area contributed by atoms with Gasteiger partial charge in [0, 0.05) is 5.56 Å². The SMILES string of the molecule is Cc1ccc(C(=O)NCc2nc3ccccc3[nH]2)cc1F. The number of carbonyl (C=O) groups is 1. The molecule has 0 saturated heterocycles. The Bertz CT molecular complexity index is 777. The number of rotatable bonds is 3. The van der Waals surface area contributed by atoms with Gasteiger partial charge in [-0.3, -0.25) is 4.79 Å². The Morgan fingerprint density at radius 1 is 1.29 bits per heavy atom. The van der Waals surface area contributed by atoms with Crippen molar-refractivity contribution in [3.05, 3.63) is 65.2 Å². The molecule has 0 aliphatic heterocycles. The number of fused-ring (bicyclic) bond motifs is 1. The normalized spacial score (nSPS) is 10.8. The monoisotopic (exact) mass is 283 g/mol. The first-order valence-corrected chi connectivity index (χ1v) is 6.61. The van der Waals surface area contributed by atoms with Crippen molar-refractivity contribution in [2.45, 2.75) is 13.5 Å². The van der Waals surface area contributed by atoms with E-state index in [0.29, 0.717) is 17.0 Å². The van der Waals surface area contributed by atoms with Crippen LogP contribution in [0.15, 0.2) is 42.5 Å². The molecule has 0 atom stereocenters. The number of H-pyrrole nitrogens is 1. The summed E-state index contributed by atoms with van der Waals surface area (Å²) in [7, 11) is 0. The third-order valence-corrected chi connectivity index (χ3v) is 3.29. The Labute approximate surface area is 121 Å². The fourth-order valence-electron chi connectivity index (χ4n) is 2.09. The van der Waals surface area contributed by atoms with Crippen LogP contribution >= 0.6 is 0 Å². The summed E-state index contributed by atoms with van der Waals surface area (Å²) in [6.07, 6.45) is 0. The van der Waals surface area contributed by atoms with Crippen molar-refractivity contribution >= 4 is 16.9 Å². The minimum absolute atomic E-state index is 0.267. The van der Waals surface area contributed by atoms with Gasteiger partial charge in [-0.05, 0) is 36.8 Å². The number of hydrogen-bond acceptors (Lipinski definition) is 2. The fourth-order valence-corrected chi connectivity index (χ4v) is 2.09. The summed E-state index contributed by atoms with van der Waals surface area (Å²) in [5, 5.41) is 2.72. The highest BCUT2D eigenvalue weighted by atomic mass is 19.1. The average molecular weight is 283 g/mol. The lowest BCUT2D eigenvalue weighted by atomic mass is 10.1. The zero-order chi connectivity index (χ0) is 14.8. The van der Waals surface area contributed by atoms with Crippen LogP contribution in [0.1, 0.15) is 21.7 Å². The maximum Gasteiger partial charge on any atom is 0.251 e. The molecule has 0 unspecified atom stereocenters. The zero-order valence-corrected chi connectivity index (χ0v) is 11.5. The number of aromatic amines is 1. The van der Waals surface area contributed by atoms with Crippen LogP contribution in [0.4, 0.5) is 4.39 Å². The fraction of sp³-hybridized carbons (Fsp3) is 0.125. The third kappa shape index (κ3) is 2.76. The largest absolute Gasteiger partial charge is 0.345 e. The summed E-state index contributed by atoms with van der Waals surface area (Å²) < 4.78 is 13.4. The topological polar surface area (TPSA) is 57.8 Å². The van der Waals surface area contributed by atoms with Crippen molar-refractivity contribution in [2.75, 3.05) is 0 Å². The van der Waals surface area contributed by atoms with Crippen LogP contribution in [0, 0.1) is 12.7 Å². The van der Waals surface area contributed by atoms with Crippen LogP contribution < -0.4 is 5.32 Å². The van der Waals surface area contributed by atoms with Gasteiger partial charge >= 0.3 is 0 Å². The second-order valence-corrected chi connectivity index (χ2v) is 4.85. The Kier molecular flexibility index (Phi) is 3.39. The highest BCUT2D eigenvalue weighted by Crippen LogP contribution is 2.11. The molecule has 0 fully saturated rings. The molecule has 1 heterocycles. The number of imidazole rings is 1. The number of nitrogens with one attached hydrogen (secondary N) is 2. The second-order valence-electron chi connectivity index (χ2n) is 4.85. The Balaban J connectivity index is 1.71. The van der Waals surface area contributed by atoms with Gasteiger partial charge in [0.15, 0.2) is 0 Å². The van der Waals surface area contributed by atoms with Gasteiger partial charge in [0.05, 0.1) is 17.6 Å². The standard InChI is InChI=1S/C16H14FN3O/c1-10-6-7-11(8-12(10)17)16(21)18-9-15-19-13-4-2-3-5-14(13)20-15/h2-8H,9H2,1H3,(H,18,21)(H,19,20). The number of nitrogens with zero attached hydrogens (tertiary/aromatic N) is 1. The summed E-state index contributed by atoms with van der Waals surface area (Å²) in [6, 6.07) is 12.1. The van der Waals surface area contributed by atoms with Gasteiger partial charge in [-0.15, -0.1) is 0 Å². The molecule has 0 aliphatic carbocycles. The van der Waals surface area contributed by atoms with E-state index in [1.807, 2.05) is 24.3 Å². The lowest BCUT2D eigenvalue weighted by molar-refractivity contribution is 0.0949. The van der Waals surface area contributed by atoms with Crippen LogP contribution in [0.5, 0.6) is 0 Å². The Hall–Kier alpha value is -2.69. The van der Waals surface area contributed by atoms with Crippen molar-refractivity contribution in [1.82, 2.24) is 15.3 Å². The summed E-state index contributed by atoms with van der Waals surface area (Å²) >= 11 is 0. The van der Waals surface area contributed by atoms with E-state index in [1.165, 1.54) is 6.07 Å². The van der Waals surface area contributed by atoms with E-state index in [-0.39, 0.29) is 18.3 Å². The van der Waals surface area contributed by atoms with Crippen molar-refractivity contribution in [1.29, 1.82) is 0 Å². The minimum Gasteiger partial charge on any atom is -0.345 e. The van der Waals surface area contributed by atoms with E-state index < -0.39 is 0 Å². The van der Waals surface area contributed by atoms with Crippen molar-refractivity contribution in [3.63, 3.8) is 0 Å². The maximum absolute atomic E-state index is 13.4. The van der Waals surface area contributed by atoms with Gasteiger partial charge in [-0.2, -0.15) is 0 Å². The maximum atomic E-state index is 13.4. The predicted molar refractivity (Wildman–Crippen MR) is 78.4 cm³/mol. The van der Waals surface area contributed by atoms with Crippen molar-refractivity contribution in [3.8, 4) is 0 Å². The van der Waals surface area contributed by atoms with E-state index >= 15 is 0 Å². The van der Waals surface area contributed by atoms with Gasteiger partial charge in [0.25, 0.3) is 5.91 Å². The van der Waals surface area contributed by atoms with Gasteiger partial charge in [-0.1, -0.05) is 18.2 Å². The van der Waals surface area contributed by atoms with Crippen LogP contribution in [0.3, 0.4) is 0 Å². The zero-order valence-electron chi connectivity index (χ0n) is 11.5. The molecule has 3 rings (SSSR count). The number of aromatic nitrogens is 2. The van der Waals surface area contributed by atoms with Crippen LogP contribution in [0.25, 0.3) is 11.0 Å². The Morgan fingerprint density at radius 2 is 2.10 bits per heavy atom. The summed E-state index contributed by atoms with van der Waals surface area (Å²) in [5.74, 6) is -0.0436. The lowest BCUT2D eigenvalue weighted by Gasteiger charge is -2.04. The number of para-hydroxylation sites is 2. The Morgan fingerprint density at radius 3 is 2.86 bits per heavy atom. The van der Waals surface area contributed by atoms with Gasteiger partial charge in [-0.25, -0.2) is 9.37 Å². The predicted octanol–water partition coefficient (Wildman–Crippen LogP) is 2.94. The van der Waals surface area contributed by atoms with E-state index in [4.69, 9.17) is 0 Å². The van der Waals surface area contributed by atoms with Gasteiger partial charge < -0.3 is 10.3 Å². The molecule has 2 aromatic carbocycles. The molecular weight excluding hydrogens is 269 g/mol. The molecule has 2 N–H and O–H groups in total. The van der Waals surface area contributed by atoms with Gasteiger partial charge in [0.2, 0.25) is 0 Å². The molecular formula is C16H14FN3O. The van der Waals surface area contributed by atoms with Crippen molar-refractivity contribution < 1.29 is 9.18 Å². The first-order chi connectivity index (χ1) is 10.1. The first kappa shape index (κ1) is 13.3. The van der Waals surface area contributed by atoms with Crippen LogP contribution in [-0.4, -0.2) is 15.9 Å². The van der Waals surface area contributed by atoms with Gasteiger partial charge in [0.1, 0.15) is 11.6 Å². The highest BCUT2D eigenvalue weighted by Gasteiger charge is 2.09. The molecule has 3 aromatic rings. The summed E-state index contributed by atoms with van der Waals surface area (Å²) in [5.41, 5.74) is 2.59. The van der Waals surface area contributed by atoms with E-state index in [9.17, 15) is 9.18 Å². The molecule has 21 heavy (non-hydrogen) atoms. The first-order valence-electron chi connectivity index (χ1n) is 6.61. The average Bonchev–Trinajstić information content (AvgIpc) is 2.90. The van der Waals surface area contributed by atoms with E-state index in [0.717, 1.165) is 11.0 Å². The number of hydrogen-bond donors (Lipinski definition) is 2. The number of halogens is 1. The highest BCUT2D eigenvalue weighted by molar-refractivity contribution is 5.94. The molecule has 1 aromatic heterocycles. The smallest absolute Gasteiger partial charge is 0.251 e. The molecule has 5 heteroatoms. The summed E-state index contributed by atoms with van der Waals surface area (Å²) in [6.45, 7) is 1.93. The molecule has 0 spiro atoms. The minimum atomic E-state index is -0.383. The quantitative estimate of drug-likeness (QED) is 0.776. The number of aryl methyl sites for hydroxylation is 1. The third-order valence-electron chi connectivity index (χ3n) is 3.29. The molecule has 1 amide bonds. The molecule has 106 valence electrons. The van der Waals surface area contributed by atoms with E-state index in [1.54, 1.807) is 19.1 Å². The number of benzene rings is 2. The number of carbonyl (C=O) groups excluding carboxylic acids is 1. The van der Waals surface area contributed by atoms with Crippen LogP contribution in [0.2, 0.25) is 0 Å². The number of amides is 1. The summed E-state index contributed by atoms with van der Waals surface area (Å²) in [4.78, 5) is 19.5. The van der Waals surface area contributed by atoms with Crippen LogP contribution in [-0.2, 0) is 6.54 Å². The molecule has 0 bridgehead atoms. The van der Waals surface area contributed by atoms with Crippen molar-refractivity contribution in [2.24, 2.45) is 0 Å². The molecule has 0 aliphatic rings. The molecule has 0 radical (unpaired) electrons. The van der Waals surface area contributed by atoms with E-state index in [2.05, 4.69) is 15.3 Å². The molecule has 0 saturated carbocycles. The lowest BCUT2D eigenvalue weighted by Crippen LogP contribution is -2.23. The molecule has 4 nitrogen and oxygen atoms in total.